The van der Waals surface area contributed by atoms with Gasteiger partial charge in [-0.2, -0.15) is 10.2 Å². The molecular weight excluding hydrogens is 501 g/mol. The molecule has 1 unspecified atom stereocenters. The molecule has 0 spiro atoms. The van der Waals surface area contributed by atoms with Crippen molar-refractivity contribution in [1.82, 2.24) is 9.97 Å². The van der Waals surface area contributed by atoms with E-state index in [-0.39, 0.29) is 11.7 Å². The zero-order valence-corrected chi connectivity index (χ0v) is 20.7. The molecule has 0 aliphatic heterocycles. The Labute approximate surface area is 217 Å². The van der Waals surface area contributed by atoms with Gasteiger partial charge in [-0.1, -0.05) is 59.1 Å². The number of aryl methyl sites for hydroxylation is 2. The van der Waals surface area contributed by atoms with Crippen LogP contribution in [0.1, 0.15) is 28.2 Å². The van der Waals surface area contributed by atoms with Crippen LogP contribution in [0, 0.1) is 35.3 Å². The van der Waals surface area contributed by atoms with Crippen LogP contribution in [-0.2, 0) is 0 Å². The SMILES string of the molecule is Cc1ccc(Oc2ncnc(Nc3cc(Cl)c(C(C#N)c4ccc(Cl)cc4)cc3C)c2[N+](=O)[O-])cc1. The molecule has 0 saturated carbocycles. The predicted molar refractivity (Wildman–Crippen MR) is 138 cm³/mol. The first-order valence-electron chi connectivity index (χ1n) is 10.7. The van der Waals surface area contributed by atoms with E-state index >= 15 is 0 Å². The Morgan fingerprint density at radius 1 is 1.06 bits per heavy atom. The van der Waals surface area contributed by atoms with Crippen LogP contribution in [0.25, 0.3) is 0 Å². The zero-order chi connectivity index (χ0) is 25.8. The minimum Gasteiger partial charge on any atom is -0.434 e. The summed E-state index contributed by atoms with van der Waals surface area (Å²) >= 11 is 12.5. The summed E-state index contributed by atoms with van der Waals surface area (Å²) in [7, 11) is 0. The highest BCUT2D eigenvalue weighted by Gasteiger charge is 2.26. The number of nitrogens with zero attached hydrogens (tertiary/aromatic N) is 4. The van der Waals surface area contributed by atoms with E-state index in [2.05, 4.69) is 21.4 Å². The number of nitrogens with one attached hydrogen (secondary N) is 1. The van der Waals surface area contributed by atoms with Crippen molar-refractivity contribution < 1.29 is 9.66 Å². The van der Waals surface area contributed by atoms with Gasteiger partial charge in [-0.3, -0.25) is 10.1 Å². The van der Waals surface area contributed by atoms with E-state index in [0.29, 0.717) is 32.6 Å². The number of rotatable bonds is 7. The van der Waals surface area contributed by atoms with Crippen LogP contribution in [0.3, 0.4) is 0 Å². The van der Waals surface area contributed by atoms with Crippen LogP contribution in [0.15, 0.2) is 67.0 Å². The van der Waals surface area contributed by atoms with Gasteiger partial charge in [0.25, 0.3) is 0 Å². The van der Waals surface area contributed by atoms with Gasteiger partial charge in [0.1, 0.15) is 12.1 Å². The lowest BCUT2D eigenvalue weighted by Crippen LogP contribution is -2.05. The molecule has 0 radical (unpaired) electrons. The summed E-state index contributed by atoms with van der Waals surface area (Å²) in [6.07, 6.45) is 1.18. The summed E-state index contributed by atoms with van der Waals surface area (Å²) < 4.78 is 5.68. The molecule has 0 amide bonds. The molecule has 180 valence electrons. The lowest BCUT2D eigenvalue weighted by molar-refractivity contribution is -0.385. The Morgan fingerprint density at radius 3 is 2.39 bits per heavy atom. The maximum atomic E-state index is 11.9. The van der Waals surface area contributed by atoms with Gasteiger partial charge < -0.3 is 10.1 Å². The van der Waals surface area contributed by atoms with Crippen molar-refractivity contribution in [3.05, 3.63) is 109 Å². The largest absolute Gasteiger partial charge is 0.434 e. The summed E-state index contributed by atoms with van der Waals surface area (Å²) in [4.78, 5) is 19.3. The lowest BCUT2D eigenvalue weighted by atomic mass is 9.91. The van der Waals surface area contributed by atoms with Gasteiger partial charge in [0, 0.05) is 15.7 Å². The Morgan fingerprint density at radius 2 is 1.75 bits per heavy atom. The minimum atomic E-state index is -0.620. The first-order chi connectivity index (χ1) is 17.3. The van der Waals surface area contributed by atoms with Crippen LogP contribution >= 0.6 is 23.2 Å². The van der Waals surface area contributed by atoms with Crippen molar-refractivity contribution in [1.29, 1.82) is 5.26 Å². The number of nitriles is 1. The van der Waals surface area contributed by atoms with E-state index in [1.54, 1.807) is 55.5 Å². The number of hydrogen-bond donors (Lipinski definition) is 1. The minimum absolute atomic E-state index is 0.0569. The van der Waals surface area contributed by atoms with Crippen LogP contribution in [0.5, 0.6) is 11.6 Å². The molecule has 1 atom stereocenters. The van der Waals surface area contributed by atoms with E-state index < -0.39 is 16.5 Å². The highest BCUT2D eigenvalue weighted by molar-refractivity contribution is 6.32. The molecule has 4 rings (SSSR count). The van der Waals surface area contributed by atoms with E-state index in [1.165, 1.54) is 6.33 Å². The molecular formula is C26H19Cl2N5O3. The van der Waals surface area contributed by atoms with Crippen LogP contribution in [0.2, 0.25) is 10.0 Å². The molecule has 0 fully saturated rings. The Hall–Kier alpha value is -4.19. The van der Waals surface area contributed by atoms with Crippen molar-refractivity contribution >= 4 is 40.4 Å². The number of aromatic nitrogens is 2. The van der Waals surface area contributed by atoms with Crippen molar-refractivity contribution in [3.63, 3.8) is 0 Å². The highest BCUT2D eigenvalue weighted by Crippen LogP contribution is 2.38. The van der Waals surface area contributed by atoms with E-state index in [0.717, 1.165) is 11.1 Å². The smallest absolute Gasteiger partial charge is 0.373 e. The Kier molecular flexibility index (Phi) is 7.34. The Balaban J connectivity index is 1.68. The first kappa shape index (κ1) is 24.9. The number of halogens is 2. The Bertz CT molecular complexity index is 1470. The number of anilines is 2. The summed E-state index contributed by atoms with van der Waals surface area (Å²) in [6.45, 7) is 3.72. The average molecular weight is 520 g/mol. The summed E-state index contributed by atoms with van der Waals surface area (Å²) in [5.74, 6) is -0.473. The summed E-state index contributed by atoms with van der Waals surface area (Å²) in [6, 6.07) is 19.7. The van der Waals surface area contributed by atoms with Gasteiger partial charge in [0.2, 0.25) is 5.82 Å². The highest BCUT2D eigenvalue weighted by atomic mass is 35.5. The lowest BCUT2D eigenvalue weighted by Gasteiger charge is -2.16. The predicted octanol–water partition coefficient (Wildman–Crippen LogP) is 7.50. The molecule has 8 nitrogen and oxygen atoms in total. The fraction of sp³-hybridized carbons (Fsp3) is 0.115. The van der Waals surface area contributed by atoms with Gasteiger partial charge in [-0.05, 0) is 60.9 Å². The van der Waals surface area contributed by atoms with Crippen molar-refractivity contribution in [2.75, 3.05) is 5.32 Å². The fourth-order valence-electron chi connectivity index (χ4n) is 3.58. The molecule has 0 aliphatic carbocycles. The fourth-order valence-corrected chi connectivity index (χ4v) is 3.98. The first-order valence-corrected chi connectivity index (χ1v) is 11.5. The third-order valence-corrected chi connectivity index (χ3v) is 6.03. The molecule has 36 heavy (non-hydrogen) atoms. The summed E-state index contributed by atoms with van der Waals surface area (Å²) in [5, 5.41) is 25.6. The van der Waals surface area contributed by atoms with Crippen LogP contribution < -0.4 is 10.1 Å². The zero-order valence-electron chi connectivity index (χ0n) is 19.2. The molecule has 3 aromatic carbocycles. The molecule has 0 aliphatic rings. The second-order valence-corrected chi connectivity index (χ2v) is 8.82. The number of ether oxygens (including phenoxy) is 1. The summed E-state index contributed by atoms with van der Waals surface area (Å²) in [5.41, 5.74) is 3.14. The second kappa shape index (κ2) is 10.6. The molecule has 1 heterocycles. The quantitative estimate of drug-likeness (QED) is 0.198. The second-order valence-electron chi connectivity index (χ2n) is 7.98. The molecule has 10 heteroatoms. The van der Waals surface area contributed by atoms with E-state index in [1.807, 2.05) is 19.1 Å². The van der Waals surface area contributed by atoms with Crippen molar-refractivity contribution in [3.8, 4) is 17.7 Å². The average Bonchev–Trinajstić information content (AvgIpc) is 2.85. The molecule has 1 aromatic heterocycles. The van der Waals surface area contributed by atoms with Crippen molar-refractivity contribution in [2.45, 2.75) is 19.8 Å². The number of nitro groups is 1. The normalized spacial score (nSPS) is 11.4. The molecule has 0 bridgehead atoms. The third-order valence-electron chi connectivity index (χ3n) is 5.45. The van der Waals surface area contributed by atoms with Crippen molar-refractivity contribution in [2.24, 2.45) is 0 Å². The monoisotopic (exact) mass is 519 g/mol. The molecule has 4 aromatic rings. The maximum Gasteiger partial charge on any atom is 0.373 e. The van der Waals surface area contributed by atoms with Gasteiger partial charge in [-0.25, -0.2) is 4.98 Å². The number of benzene rings is 3. The van der Waals surface area contributed by atoms with E-state index in [9.17, 15) is 15.4 Å². The molecule has 1 N–H and O–H groups in total. The standard InChI is InChI=1S/C26H19Cl2N5O3/c1-15-3-9-19(10-4-15)36-26-24(33(34)35)25(30-14-31-26)32-23-12-22(28)20(11-16(23)2)21(13-29)17-5-7-18(27)8-6-17/h3-12,14,21H,1-2H3,(H,30,31,32). The topological polar surface area (TPSA) is 114 Å². The number of hydrogen-bond acceptors (Lipinski definition) is 7. The van der Waals surface area contributed by atoms with Gasteiger partial charge >= 0.3 is 11.6 Å². The van der Waals surface area contributed by atoms with Gasteiger partial charge in [-0.15, -0.1) is 0 Å². The van der Waals surface area contributed by atoms with Gasteiger partial charge in [0.15, 0.2) is 0 Å². The van der Waals surface area contributed by atoms with E-state index in [4.69, 9.17) is 27.9 Å². The van der Waals surface area contributed by atoms with Crippen LogP contribution in [-0.4, -0.2) is 14.9 Å². The maximum absolute atomic E-state index is 11.9. The third kappa shape index (κ3) is 5.38. The van der Waals surface area contributed by atoms with Gasteiger partial charge in [0.05, 0.1) is 16.9 Å². The van der Waals surface area contributed by atoms with Crippen LogP contribution in [0.4, 0.5) is 17.2 Å². The molecule has 0 saturated heterocycles.